The fraction of sp³-hybridized carbons (Fsp3) is 0.0769. The first-order valence-corrected chi connectivity index (χ1v) is 6.05. The summed E-state index contributed by atoms with van der Waals surface area (Å²) < 4.78 is 13.3. The predicted octanol–water partition coefficient (Wildman–Crippen LogP) is 3.54. The van der Waals surface area contributed by atoms with E-state index >= 15 is 0 Å². The van der Waals surface area contributed by atoms with Gasteiger partial charge in [-0.25, -0.2) is 9.37 Å². The molecule has 1 aromatic carbocycles. The molecular formula is C13H10BrFN2O. The average molecular weight is 309 g/mol. The van der Waals surface area contributed by atoms with E-state index in [0.29, 0.717) is 11.4 Å². The Labute approximate surface area is 112 Å². The van der Waals surface area contributed by atoms with E-state index in [1.165, 1.54) is 18.2 Å². The minimum absolute atomic E-state index is 0.257. The first kappa shape index (κ1) is 12.7. The van der Waals surface area contributed by atoms with Gasteiger partial charge in [-0.1, -0.05) is 6.07 Å². The van der Waals surface area contributed by atoms with Gasteiger partial charge in [0.1, 0.15) is 11.6 Å². The lowest BCUT2D eigenvalue weighted by Gasteiger charge is -2.05. The van der Waals surface area contributed by atoms with Crippen molar-refractivity contribution in [1.82, 2.24) is 4.98 Å². The number of nitrogens with zero attached hydrogens (tertiary/aromatic N) is 1. The molecule has 92 valence electrons. The van der Waals surface area contributed by atoms with Gasteiger partial charge in [-0.2, -0.15) is 0 Å². The number of aromatic nitrogens is 1. The number of aryl methyl sites for hydroxylation is 1. The van der Waals surface area contributed by atoms with Gasteiger partial charge in [-0.05, 0) is 53.2 Å². The fourth-order valence-electron chi connectivity index (χ4n) is 1.44. The highest BCUT2D eigenvalue weighted by Crippen LogP contribution is 2.17. The van der Waals surface area contributed by atoms with Gasteiger partial charge in [0.25, 0.3) is 5.91 Å². The topological polar surface area (TPSA) is 42.0 Å². The number of nitrogens with one attached hydrogen (secondary N) is 1. The Bertz CT molecular complexity index is 601. The van der Waals surface area contributed by atoms with Crippen LogP contribution in [0.25, 0.3) is 0 Å². The van der Waals surface area contributed by atoms with Crippen molar-refractivity contribution < 1.29 is 9.18 Å². The molecule has 1 aromatic heterocycles. The number of hydrogen-bond donors (Lipinski definition) is 1. The molecule has 0 spiro atoms. The number of pyridine rings is 1. The molecule has 1 N–H and O–H groups in total. The summed E-state index contributed by atoms with van der Waals surface area (Å²) in [4.78, 5) is 16.1. The normalized spacial score (nSPS) is 10.2. The van der Waals surface area contributed by atoms with E-state index < -0.39 is 5.82 Å². The number of halogens is 2. The highest BCUT2D eigenvalue weighted by atomic mass is 79.9. The quantitative estimate of drug-likeness (QED) is 0.922. The number of benzene rings is 1. The van der Waals surface area contributed by atoms with Crippen molar-refractivity contribution in [2.45, 2.75) is 6.92 Å². The molecule has 0 fully saturated rings. The maximum Gasteiger partial charge on any atom is 0.256 e. The van der Waals surface area contributed by atoms with Gasteiger partial charge in [-0.3, -0.25) is 4.79 Å². The Balaban J connectivity index is 2.19. The summed E-state index contributed by atoms with van der Waals surface area (Å²) in [6.45, 7) is 1.84. The van der Waals surface area contributed by atoms with Crippen molar-refractivity contribution >= 4 is 27.7 Å². The van der Waals surface area contributed by atoms with E-state index in [9.17, 15) is 9.18 Å². The first-order chi connectivity index (χ1) is 8.56. The molecule has 2 rings (SSSR count). The lowest BCUT2D eigenvalue weighted by atomic mass is 10.2. The molecule has 5 heteroatoms. The zero-order chi connectivity index (χ0) is 13.1. The number of carbonyl (C=O) groups is 1. The second kappa shape index (κ2) is 5.27. The lowest BCUT2D eigenvalue weighted by Crippen LogP contribution is -2.13. The van der Waals surface area contributed by atoms with Crippen LogP contribution in [0.5, 0.6) is 0 Å². The molecule has 2 aromatic rings. The van der Waals surface area contributed by atoms with E-state index in [1.54, 1.807) is 12.1 Å². The Hall–Kier alpha value is -1.75. The first-order valence-electron chi connectivity index (χ1n) is 5.26. The van der Waals surface area contributed by atoms with Crippen LogP contribution in [0.3, 0.4) is 0 Å². The van der Waals surface area contributed by atoms with Crippen LogP contribution in [0.15, 0.2) is 40.9 Å². The zero-order valence-corrected chi connectivity index (χ0v) is 11.2. The second-order valence-corrected chi connectivity index (χ2v) is 4.60. The van der Waals surface area contributed by atoms with Crippen molar-refractivity contribution in [3.8, 4) is 0 Å². The third-order valence-corrected chi connectivity index (χ3v) is 2.92. The number of rotatable bonds is 2. The third-order valence-electron chi connectivity index (χ3n) is 2.31. The summed E-state index contributed by atoms with van der Waals surface area (Å²) in [5.74, 6) is -0.255. The summed E-state index contributed by atoms with van der Waals surface area (Å²) in [5, 5.41) is 2.65. The van der Waals surface area contributed by atoms with Gasteiger partial charge in [0.2, 0.25) is 0 Å². The van der Waals surface area contributed by atoms with Crippen LogP contribution in [0.4, 0.5) is 10.2 Å². The molecule has 0 unspecified atom stereocenters. The van der Waals surface area contributed by atoms with Gasteiger partial charge < -0.3 is 5.32 Å². The predicted molar refractivity (Wildman–Crippen MR) is 71.0 cm³/mol. The van der Waals surface area contributed by atoms with Crippen LogP contribution in [0.2, 0.25) is 0 Å². The van der Waals surface area contributed by atoms with Crippen molar-refractivity contribution in [3.63, 3.8) is 0 Å². The van der Waals surface area contributed by atoms with Gasteiger partial charge in [0.05, 0.1) is 4.47 Å². The Morgan fingerprint density at radius 3 is 2.78 bits per heavy atom. The molecule has 0 aliphatic carbocycles. The third kappa shape index (κ3) is 2.92. The molecule has 1 heterocycles. The van der Waals surface area contributed by atoms with E-state index in [4.69, 9.17) is 0 Å². The summed E-state index contributed by atoms with van der Waals surface area (Å²) in [5.41, 5.74) is 1.18. The molecule has 1 amide bonds. The molecule has 0 bridgehead atoms. The van der Waals surface area contributed by atoms with Gasteiger partial charge in [0, 0.05) is 11.3 Å². The number of carbonyl (C=O) groups excluding carboxylic acids is 1. The average Bonchev–Trinajstić information content (AvgIpc) is 2.32. The minimum atomic E-state index is -0.403. The molecule has 0 saturated heterocycles. The molecule has 0 aliphatic rings. The summed E-state index contributed by atoms with van der Waals surface area (Å²) in [6.07, 6.45) is 0. The van der Waals surface area contributed by atoms with Gasteiger partial charge in [0.15, 0.2) is 0 Å². The molecule has 18 heavy (non-hydrogen) atoms. The summed E-state index contributed by atoms with van der Waals surface area (Å²) in [7, 11) is 0. The van der Waals surface area contributed by atoms with Crippen molar-refractivity contribution in [2.24, 2.45) is 0 Å². The SMILES string of the molecule is Cc1cccc(NC(=O)c2ccc(F)c(Br)c2)n1. The largest absolute Gasteiger partial charge is 0.307 e. The lowest BCUT2D eigenvalue weighted by molar-refractivity contribution is 0.102. The number of hydrogen-bond acceptors (Lipinski definition) is 2. The zero-order valence-electron chi connectivity index (χ0n) is 9.58. The van der Waals surface area contributed by atoms with Crippen molar-refractivity contribution in [2.75, 3.05) is 5.32 Å². The fourth-order valence-corrected chi connectivity index (χ4v) is 1.82. The Morgan fingerprint density at radius 2 is 2.11 bits per heavy atom. The Morgan fingerprint density at radius 1 is 1.33 bits per heavy atom. The van der Waals surface area contributed by atoms with E-state index in [2.05, 4.69) is 26.2 Å². The van der Waals surface area contributed by atoms with Crippen LogP contribution in [0.1, 0.15) is 16.1 Å². The summed E-state index contributed by atoms with van der Waals surface area (Å²) in [6, 6.07) is 9.43. The van der Waals surface area contributed by atoms with Crippen molar-refractivity contribution in [3.05, 3.63) is 57.9 Å². The van der Waals surface area contributed by atoms with E-state index in [-0.39, 0.29) is 10.4 Å². The molecule has 0 aliphatic heterocycles. The minimum Gasteiger partial charge on any atom is -0.307 e. The molecule has 0 radical (unpaired) electrons. The molecule has 3 nitrogen and oxygen atoms in total. The maximum absolute atomic E-state index is 13.1. The van der Waals surface area contributed by atoms with E-state index in [1.807, 2.05) is 13.0 Å². The smallest absolute Gasteiger partial charge is 0.256 e. The Kier molecular flexibility index (Phi) is 3.72. The van der Waals surface area contributed by atoms with Crippen LogP contribution in [-0.2, 0) is 0 Å². The second-order valence-electron chi connectivity index (χ2n) is 3.75. The number of anilines is 1. The highest BCUT2D eigenvalue weighted by Gasteiger charge is 2.09. The van der Waals surface area contributed by atoms with Gasteiger partial charge in [-0.15, -0.1) is 0 Å². The highest BCUT2D eigenvalue weighted by molar-refractivity contribution is 9.10. The van der Waals surface area contributed by atoms with Gasteiger partial charge >= 0.3 is 0 Å². The van der Waals surface area contributed by atoms with Crippen LogP contribution >= 0.6 is 15.9 Å². The molecular weight excluding hydrogens is 299 g/mol. The van der Waals surface area contributed by atoms with Crippen molar-refractivity contribution in [1.29, 1.82) is 0 Å². The maximum atomic E-state index is 13.1. The van der Waals surface area contributed by atoms with Crippen LogP contribution in [-0.4, -0.2) is 10.9 Å². The molecule has 0 saturated carbocycles. The van der Waals surface area contributed by atoms with Crippen LogP contribution in [0, 0.1) is 12.7 Å². The van der Waals surface area contributed by atoms with Crippen LogP contribution < -0.4 is 5.32 Å². The number of amides is 1. The molecule has 0 atom stereocenters. The standard InChI is InChI=1S/C13H10BrFN2O/c1-8-3-2-4-12(16-8)17-13(18)9-5-6-11(15)10(14)7-9/h2-7H,1H3,(H,16,17,18). The summed E-state index contributed by atoms with van der Waals surface area (Å²) >= 11 is 3.04. The van der Waals surface area contributed by atoms with E-state index in [0.717, 1.165) is 5.69 Å². The monoisotopic (exact) mass is 308 g/mol.